The monoisotopic (exact) mass is 626 g/mol. The first kappa shape index (κ1) is 36.5. The number of carboxylic acid groups (broad SMARTS) is 1. The van der Waals surface area contributed by atoms with E-state index in [9.17, 15) is 14.7 Å². The number of aliphatic carboxylic acids is 1. The van der Waals surface area contributed by atoms with Crippen LogP contribution in [0, 0.1) is 11.3 Å². The van der Waals surface area contributed by atoms with Crippen LogP contribution in [-0.4, -0.2) is 40.9 Å². The van der Waals surface area contributed by atoms with Crippen LogP contribution in [0.15, 0.2) is 66.7 Å². The molecule has 0 aromatic heterocycles. The van der Waals surface area contributed by atoms with E-state index in [1.54, 1.807) is 4.90 Å². The van der Waals surface area contributed by atoms with Crippen molar-refractivity contribution in [3.8, 4) is 16.9 Å². The molecule has 6 nitrogen and oxygen atoms in total. The van der Waals surface area contributed by atoms with Crippen LogP contribution in [0.4, 0.5) is 0 Å². The van der Waals surface area contributed by atoms with Crippen LogP contribution < -0.4 is 4.74 Å². The fourth-order valence-corrected chi connectivity index (χ4v) is 5.30. The summed E-state index contributed by atoms with van der Waals surface area (Å²) in [5.74, 6) is 0.801. The maximum Gasteiger partial charge on any atom is 0.307 e. The quantitative estimate of drug-likeness (QED) is 0.138. The summed E-state index contributed by atoms with van der Waals surface area (Å²) in [6.45, 7) is 14.0. The number of carbonyl (C=O) groups is 2. The largest absolute Gasteiger partial charge is 0.493 e. The third-order valence-corrected chi connectivity index (χ3v) is 8.35. The Morgan fingerprint density at radius 3 is 2.20 bits per heavy atom. The van der Waals surface area contributed by atoms with E-state index < -0.39 is 5.97 Å². The Kier molecular flexibility index (Phi) is 14.0. The number of nitrogens with one attached hydrogen (secondary N) is 1. The summed E-state index contributed by atoms with van der Waals surface area (Å²) < 4.78 is 5.90. The van der Waals surface area contributed by atoms with E-state index in [0.717, 1.165) is 42.4 Å². The fraction of sp³-hybridized carbons (Fsp3) is 0.475. The average Bonchev–Trinajstić information content (AvgIpc) is 3.85. The lowest BCUT2D eigenvalue weighted by Crippen LogP contribution is -2.36. The molecule has 1 amide bonds. The van der Waals surface area contributed by atoms with Gasteiger partial charge in [-0.15, -0.1) is 0 Å². The van der Waals surface area contributed by atoms with Gasteiger partial charge in [0, 0.05) is 24.9 Å². The standard InChI is InChI=1S/C28H36N2O4.C12H18/c1-3-7-27(31)30(4-2)26(29)11-6-9-20-8-5-10-22(16-20)23-14-15-25(34-19-21-12-13-21)24(17-23)18-28(32)33;1-5-10-6-8-11(9-7-10)12(2,3)4/h5,8,10,14-17,21,29H,3-4,6-7,9,11-13,18-19H2,1-2H3,(H,32,33);6-9H,5H2,1-4H3. The second-order valence-electron chi connectivity index (χ2n) is 13.3. The summed E-state index contributed by atoms with van der Waals surface area (Å²) >= 11 is 0. The van der Waals surface area contributed by atoms with E-state index in [0.29, 0.717) is 49.1 Å². The Bertz CT molecular complexity index is 1430. The van der Waals surface area contributed by atoms with Gasteiger partial charge in [0.05, 0.1) is 13.0 Å². The Morgan fingerprint density at radius 2 is 1.61 bits per heavy atom. The summed E-state index contributed by atoms with van der Waals surface area (Å²) in [5, 5.41) is 17.7. The number of aryl methyl sites for hydroxylation is 2. The van der Waals surface area contributed by atoms with Crippen LogP contribution in [0.1, 0.15) is 102 Å². The molecule has 1 fully saturated rings. The Hall–Kier alpha value is -3.93. The second kappa shape index (κ2) is 17.7. The second-order valence-corrected chi connectivity index (χ2v) is 13.3. The number of benzene rings is 3. The molecule has 4 rings (SSSR count). The number of nitrogens with zero attached hydrogens (tertiary/aromatic N) is 1. The number of rotatable bonds is 14. The summed E-state index contributed by atoms with van der Waals surface area (Å²) in [6, 6.07) is 22.9. The summed E-state index contributed by atoms with van der Waals surface area (Å²) in [4.78, 5) is 25.2. The lowest BCUT2D eigenvalue weighted by atomic mass is 9.86. The molecule has 0 heterocycles. The molecule has 0 atom stereocenters. The van der Waals surface area contributed by atoms with Gasteiger partial charge in [-0.2, -0.15) is 0 Å². The topological polar surface area (TPSA) is 90.7 Å². The van der Waals surface area contributed by atoms with Gasteiger partial charge in [-0.3, -0.25) is 15.0 Å². The number of amidine groups is 1. The van der Waals surface area contributed by atoms with Gasteiger partial charge in [0.15, 0.2) is 0 Å². The maximum absolute atomic E-state index is 12.2. The van der Waals surface area contributed by atoms with Gasteiger partial charge in [-0.05, 0) is 96.7 Å². The Balaban J connectivity index is 0.000000402. The summed E-state index contributed by atoms with van der Waals surface area (Å²) in [5.41, 5.74) is 6.96. The molecule has 1 aliphatic rings. The van der Waals surface area contributed by atoms with Crippen molar-refractivity contribution in [1.82, 2.24) is 4.90 Å². The van der Waals surface area contributed by atoms with Crippen molar-refractivity contribution in [1.29, 1.82) is 5.41 Å². The molecule has 248 valence electrons. The highest BCUT2D eigenvalue weighted by Gasteiger charge is 2.23. The van der Waals surface area contributed by atoms with Gasteiger partial charge in [-0.1, -0.05) is 89.2 Å². The third kappa shape index (κ3) is 11.8. The minimum absolute atomic E-state index is 0.0266. The SMILES string of the molecule is CCCC(=O)N(CC)C(=N)CCCc1cccc(-c2ccc(OCC3CC3)c(CC(=O)O)c2)c1.CCc1ccc(C(C)(C)C)cc1. The molecule has 0 radical (unpaired) electrons. The van der Waals surface area contributed by atoms with Crippen LogP contribution in [0.5, 0.6) is 5.75 Å². The third-order valence-electron chi connectivity index (χ3n) is 8.35. The minimum Gasteiger partial charge on any atom is -0.493 e. The number of amides is 1. The first-order valence-electron chi connectivity index (χ1n) is 17.0. The van der Waals surface area contributed by atoms with Crippen LogP contribution in [0.2, 0.25) is 0 Å². The van der Waals surface area contributed by atoms with Crippen LogP contribution >= 0.6 is 0 Å². The fourth-order valence-electron chi connectivity index (χ4n) is 5.30. The van der Waals surface area contributed by atoms with Crippen molar-refractivity contribution in [2.75, 3.05) is 13.2 Å². The predicted octanol–water partition coefficient (Wildman–Crippen LogP) is 9.26. The average molecular weight is 627 g/mol. The van der Waals surface area contributed by atoms with Crippen molar-refractivity contribution in [2.45, 2.75) is 105 Å². The zero-order valence-corrected chi connectivity index (χ0v) is 28.8. The number of hydrogen-bond donors (Lipinski definition) is 2. The number of carbonyl (C=O) groups excluding carboxylic acids is 1. The molecule has 0 unspecified atom stereocenters. The van der Waals surface area contributed by atoms with Gasteiger partial charge in [0.25, 0.3) is 0 Å². The molecule has 2 N–H and O–H groups in total. The van der Waals surface area contributed by atoms with Crippen LogP contribution in [-0.2, 0) is 34.3 Å². The predicted molar refractivity (Wildman–Crippen MR) is 189 cm³/mol. The molecule has 6 heteroatoms. The summed E-state index contributed by atoms with van der Waals surface area (Å²) in [6.07, 6.45) is 6.85. The van der Waals surface area contributed by atoms with Crippen LogP contribution in [0.25, 0.3) is 11.1 Å². The van der Waals surface area contributed by atoms with E-state index in [1.165, 1.54) is 24.0 Å². The maximum atomic E-state index is 12.2. The van der Waals surface area contributed by atoms with Crippen molar-refractivity contribution < 1.29 is 19.4 Å². The number of hydrogen-bond acceptors (Lipinski definition) is 4. The molecular formula is C40H54N2O4. The van der Waals surface area contributed by atoms with E-state index in [-0.39, 0.29) is 17.7 Å². The van der Waals surface area contributed by atoms with Crippen molar-refractivity contribution in [3.63, 3.8) is 0 Å². The molecule has 0 saturated heterocycles. The Labute approximate surface area is 276 Å². The van der Waals surface area contributed by atoms with Gasteiger partial charge in [0.2, 0.25) is 5.91 Å². The molecule has 0 aliphatic heterocycles. The van der Waals surface area contributed by atoms with Crippen molar-refractivity contribution >= 4 is 17.7 Å². The van der Waals surface area contributed by atoms with E-state index in [4.69, 9.17) is 10.1 Å². The molecular weight excluding hydrogens is 572 g/mol. The molecule has 1 saturated carbocycles. The first-order chi connectivity index (χ1) is 21.9. The van der Waals surface area contributed by atoms with Crippen molar-refractivity contribution in [2.24, 2.45) is 5.92 Å². The van der Waals surface area contributed by atoms with Crippen LogP contribution in [0.3, 0.4) is 0 Å². The van der Waals surface area contributed by atoms with E-state index in [1.807, 2.05) is 44.2 Å². The zero-order chi connectivity index (χ0) is 33.7. The van der Waals surface area contributed by atoms with E-state index >= 15 is 0 Å². The molecule has 3 aromatic rings. The van der Waals surface area contributed by atoms with Crippen molar-refractivity contribution in [3.05, 3.63) is 89.0 Å². The smallest absolute Gasteiger partial charge is 0.307 e. The molecule has 46 heavy (non-hydrogen) atoms. The van der Waals surface area contributed by atoms with Gasteiger partial charge >= 0.3 is 5.97 Å². The highest BCUT2D eigenvalue weighted by Crippen LogP contribution is 2.32. The lowest BCUT2D eigenvalue weighted by molar-refractivity contribution is -0.136. The Morgan fingerprint density at radius 1 is 0.913 bits per heavy atom. The van der Waals surface area contributed by atoms with E-state index in [2.05, 4.69) is 64.1 Å². The zero-order valence-electron chi connectivity index (χ0n) is 28.8. The lowest BCUT2D eigenvalue weighted by Gasteiger charge is -2.21. The highest BCUT2D eigenvalue weighted by atomic mass is 16.5. The van der Waals surface area contributed by atoms with Gasteiger partial charge in [-0.25, -0.2) is 0 Å². The highest BCUT2D eigenvalue weighted by molar-refractivity contribution is 5.96. The number of ether oxygens (including phenoxy) is 1. The minimum atomic E-state index is -0.872. The normalized spacial score (nSPS) is 12.6. The van der Waals surface area contributed by atoms with Gasteiger partial charge < -0.3 is 14.7 Å². The molecule has 1 aliphatic carbocycles. The summed E-state index contributed by atoms with van der Waals surface area (Å²) in [7, 11) is 0. The number of carboxylic acids is 1. The molecule has 0 bridgehead atoms. The van der Waals surface area contributed by atoms with Gasteiger partial charge in [0.1, 0.15) is 11.6 Å². The molecule has 3 aromatic carbocycles. The first-order valence-corrected chi connectivity index (χ1v) is 17.0. The molecule has 0 spiro atoms.